The predicted octanol–water partition coefficient (Wildman–Crippen LogP) is 3.81. The molecule has 0 saturated heterocycles. The molecular formula is C17H30N2. The van der Waals surface area contributed by atoms with Crippen LogP contribution in [0, 0.1) is 0 Å². The van der Waals surface area contributed by atoms with Gasteiger partial charge in [0.1, 0.15) is 0 Å². The first-order valence-corrected chi connectivity index (χ1v) is 7.70. The Bertz CT molecular complexity index is 345. The van der Waals surface area contributed by atoms with E-state index in [1.807, 2.05) is 0 Å². The quantitative estimate of drug-likeness (QED) is 0.681. The molecule has 0 radical (unpaired) electrons. The molecule has 2 nitrogen and oxygen atoms in total. The average molecular weight is 262 g/mol. The molecule has 1 aromatic rings. The van der Waals surface area contributed by atoms with Crippen molar-refractivity contribution < 1.29 is 0 Å². The minimum Gasteiger partial charge on any atom is -0.313 e. The molecule has 0 spiro atoms. The van der Waals surface area contributed by atoms with Crippen molar-refractivity contribution in [3.05, 3.63) is 35.4 Å². The molecule has 0 bridgehead atoms. The summed E-state index contributed by atoms with van der Waals surface area (Å²) in [6.45, 7) is 9.88. The first kappa shape index (κ1) is 16.2. The Morgan fingerprint density at radius 1 is 1.11 bits per heavy atom. The third kappa shape index (κ3) is 5.75. The molecule has 0 aliphatic carbocycles. The third-order valence-corrected chi connectivity index (χ3v) is 3.75. The average Bonchev–Trinajstić information content (AvgIpc) is 2.41. The fourth-order valence-electron chi connectivity index (χ4n) is 2.58. The molecule has 0 saturated carbocycles. The number of benzene rings is 1. The van der Waals surface area contributed by atoms with Crippen molar-refractivity contribution in [1.82, 2.24) is 10.2 Å². The molecule has 0 unspecified atom stereocenters. The zero-order valence-corrected chi connectivity index (χ0v) is 13.1. The van der Waals surface area contributed by atoms with Gasteiger partial charge in [-0.1, -0.05) is 45.0 Å². The minimum atomic E-state index is 0.696. The summed E-state index contributed by atoms with van der Waals surface area (Å²) in [7, 11) is 2.24. The summed E-state index contributed by atoms with van der Waals surface area (Å²) in [5, 5.41) is 3.46. The monoisotopic (exact) mass is 262 g/mol. The smallest absolute Gasteiger partial charge is 0.0233 e. The SMILES string of the molecule is CCCNCc1cccc(CN(C)C(CC)CC)c1. The first-order valence-electron chi connectivity index (χ1n) is 7.70. The van der Waals surface area contributed by atoms with E-state index in [9.17, 15) is 0 Å². The summed E-state index contributed by atoms with van der Waals surface area (Å²) in [4.78, 5) is 2.47. The van der Waals surface area contributed by atoms with Gasteiger partial charge in [0.05, 0.1) is 0 Å². The normalized spacial score (nSPS) is 11.5. The molecule has 1 rings (SSSR count). The standard InChI is InChI=1S/C17H30N2/c1-5-11-18-13-15-9-8-10-16(12-15)14-19(4)17(6-2)7-3/h8-10,12,17-18H,5-7,11,13-14H2,1-4H3. The van der Waals surface area contributed by atoms with E-state index in [0.29, 0.717) is 6.04 Å². The summed E-state index contributed by atoms with van der Waals surface area (Å²) in [6, 6.07) is 9.66. The van der Waals surface area contributed by atoms with Crippen molar-refractivity contribution in [2.45, 2.75) is 59.2 Å². The van der Waals surface area contributed by atoms with Gasteiger partial charge >= 0.3 is 0 Å². The Balaban J connectivity index is 2.56. The van der Waals surface area contributed by atoms with Crippen molar-refractivity contribution in [2.24, 2.45) is 0 Å². The van der Waals surface area contributed by atoms with Crippen LogP contribution in [0.25, 0.3) is 0 Å². The third-order valence-electron chi connectivity index (χ3n) is 3.75. The van der Waals surface area contributed by atoms with Gasteiger partial charge in [0.15, 0.2) is 0 Å². The van der Waals surface area contributed by atoms with Crippen LogP contribution in [0.5, 0.6) is 0 Å². The van der Waals surface area contributed by atoms with Crippen molar-refractivity contribution >= 4 is 0 Å². The molecule has 0 atom stereocenters. The lowest BCUT2D eigenvalue weighted by Crippen LogP contribution is -2.30. The Kier molecular flexibility index (Phi) is 7.76. The van der Waals surface area contributed by atoms with Crippen molar-refractivity contribution in [3.8, 4) is 0 Å². The van der Waals surface area contributed by atoms with Crippen LogP contribution in [-0.4, -0.2) is 24.5 Å². The highest BCUT2D eigenvalue weighted by atomic mass is 15.1. The van der Waals surface area contributed by atoms with Crippen LogP contribution in [-0.2, 0) is 13.1 Å². The molecule has 0 amide bonds. The molecule has 0 aliphatic rings. The Hall–Kier alpha value is -0.860. The van der Waals surface area contributed by atoms with Crippen molar-refractivity contribution in [1.29, 1.82) is 0 Å². The summed E-state index contributed by atoms with van der Waals surface area (Å²) >= 11 is 0. The molecule has 1 aromatic carbocycles. The first-order chi connectivity index (χ1) is 9.21. The van der Waals surface area contributed by atoms with Crippen LogP contribution in [0.1, 0.15) is 51.2 Å². The Morgan fingerprint density at radius 2 is 1.79 bits per heavy atom. The second kappa shape index (κ2) is 9.11. The van der Waals surface area contributed by atoms with E-state index >= 15 is 0 Å². The molecule has 1 N–H and O–H groups in total. The minimum absolute atomic E-state index is 0.696. The largest absolute Gasteiger partial charge is 0.313 e. The lowest BCUT2D eigenvalue weighted by atomic mass is 10.1. The maximum atomic E-state index is 3.46. The molecule has 108 valence electrons. The highest BCUT2D eigenvalue weighted by Crippen LogP contribution is 2.12. The van der Waals surface area contributed by atoms with Gasteiger partial charge in [-0.15, -0.1) is 0 Å². The molecule has 0 aliphatic heterocycles. The highest BCUT2D eigenvalue weighted by molar-refractivity contribution is 5.23. The van der Waals surface area contributed by atoms with Gasteiger partial charge in [0.2, 0.25) is 0 Å². The molecule has 0 aromatic heterocycles. The zero-order chi connectivity index (χ0) is 14.1. The van der Waals surface area contributed by atoms with Crippen LogP contribution >= 0.6 is 0 Å². The maximum Gasteiger partial charge on any atom is 0.0233 e. The Morgan fingerprint density at radius 3 is 2.42 bits per heavy atom. The maximum absolute atomic E-state index is 3.46. The highest BCUT2D eigenvalue weighted by Gasteiger charge is 2.10. The van der Waals surface area contributed by atoms with E-state index in [4.69, 9.17) is 0 Å². The summed E-state index contributed by atoms with van der Waals surface area (Å²) in [5.41, 5.74) is 2.81. The summed E-state index contributed by atoms with van der Waals surface area (Å²) in [6.07, 6.45) is 3.65. The molecule has 2 heteroatoms. The number of nitrogens with zero attached hydrogens (tertiary/aromatic N) is 1. The van der Waals surface area contributed by atoms with E-state index in [1.54, 1.807) is 0 Å². The molecule has 19 heavy (non-hydrogen) atoms. The number of rotatable bonds is 9. The van der Waals surface area contributed by atoms with Gasteiger partial charge in [0, 0.05) is 19.1 Å². The van der Waals surface area contributed by atoms with E-state index in [1.165, 1.54) is 30.4 Å². The van der Waals surface area contributed by atoms with Crippen LogP contribution in [0.4, 0.5) is 0 Å². The van der Waals surface area contributed by atoms with Gasteiger partial charge in [-0.25, -0.2) is 0 Å². The van der Waals surface area contributed by atoms with Gasteiger partial charge in [-0.2, -0.15) is 0 Å². The van der Waals surface area contributed by atoms with E-state index < -0.39 is 0 Å². The lowest BCUT2D eigenvalue weighted by molar-refractivity contribution is 0.221. The van der Waals surface area contributed by atoms with Crippen LogP contribution in [0.3, 0.4) is 0 Å². The second-order valence-corrected chi connectivity index (χ2v) is 5.38. The second-order valence-electron chi connectivity index (χ2n) is 5.38. The number of nitrogens with one attached hydrogen (secondary N) is 1. The van der Waals surface area contributed by atoms with Gasteiger partial charge in [0.25, 0.3) is 0 Å². The fraction of sp³-hybridized carbons (Fsp3) is 0.647. The van der Waals surface area contributed by atoms with Crippen LogP contribution in [0.2, 0.25) is 0 Å². The van der Waals surface area contributed by atoms with Crippen LogP contribution < -0.4 is 5.32 Å². The lowest BCUT2D eigenvalue weighted by Gasteiger charge is -2.26. The van der Waals surface area contributed by atoms with Crippen LogP contribution in [0.15, 0.2) is 24.3 Å². The Labute approximate surface area is 119 Å². The van der Waals surface area contributed by atoms with Crippen molar-refractivity contribution in [2.75, 3.05) is 13.6 Å². The van der Waals surface area contributed by atoms with Gasteiger partial charge in [-0.05, 0) is 44.0 Å². The van der Waals surface area contributed by atoms with Crippen molar-refractivity contribution in [3.63, 3.8) is 0 Å². The predicted molar refractivity (Wildman–Crippen MR) is 84.3 cm³/mol. The summed E-state index contributed by atoms with van der Waals surface area (Å²) < 4.78 is 0. The number of hydrogen-bond donors (Lipinski definition) is 1. The zero-order valence-electron chi connectivity index (χ0n) is 13.1. The van der Waals surface area contributed by atoms with E-state index in [-0.39, 0.29) is 0 Å². The van der Waals surface area contributed by atoms with Gasteiger partial charge < -0.3 is 5.32 Å². The molecule has 0 fully saturated rings. The molecule has 0 heterocycles. The van der Waals surface area contributed by atoms with E-state index in [0.717, 1.165) is 19.6 Å². The summed E-state index contributed by atoms with van der Waals surface area (Å²) in [5.74, 6) is 0. The van der Waals surface area contributed by atoms with Gasteiger partial charge in [-0.3, -0.25) is 4.90 Å². The number of hydrogen-bond acceptors (Lipinski definition) is 2. The molecular weight excluding hydrogens is 232 g/mol. The topological polar surface area (TPSA) is 15.3 Å². The fourth-order valence-corrected chi connectivity index (χ4v) is 2.58. The van der Waals surface area contributed by atoms with E-state index in [2.05, 4.69) is 62.3 Å².